The predicted molar refractivity (Wildman–Crippen MR) is 167 cm³/mol. The van der Waals surface area contributed by atoms with Crippen molar-refractivity contribution < 1.29 is 0 Å². The van der Waals surface area contributed by atoms with Gasteiger partial charge in [0, 0.05) is 19.6 Å². The van der Waals surface area contributed by atoms with E-state index in [4.69, 9.17) is 0 Å². The molecule has 0 radical (unpaired) electrons. The highest BCUT2D eigenvalue weighted by Gasteiger charge is 2.25. The fraction of sp³-hybridized carbons (Fsp3) is 0.125. The monoisotopic (exact) mass is 540 g/mol. The van der Waals surface area contributed by atoms with E-state index in [-0.39, 0.29) is 0 Å². The van der Waals surface area contributed by atoms with Crippen LogP contribution in [-0.2, 0) is 0 Å². The van der Waals surface area contributed by atoms with Gasteiger partial charge in [0.15, 0.2) is 0 Å². The van der Waals surface area contributed by atoms with Crippen LogP contribution in [-0.4, -0.2) is 8.07 Å². The van der Waals surface area contributed by atoms with Crippen molar-refractivity contribution in [2.75, 3.05) is 0 Å². The maximum atomic E-state index is 2.43. The first-order valence-corrected chi connectivity index (χ1v) is 17.7. The molecule has 0 bridgehead atoms. The fourth-order valence-corrected chi connectivity index (χ4v) is 8.21. The Hall–Kier alpha value is -2.37. The number of hydrogen-bond donors (Lipinski definition) is 0. The summed E-state index contributed by atoms with van der Waals surface area (Å²) < 4.78 is 0. The highest BCUT2D eigenvalue weighted by atomic mass is 32.2. The summed E-state index contributed by atoms with van der Waals surface area (Å²) >= 11 is 5.30. The topological polar surface area (TPSA) is 0 Å². The van der Waals surface area contributed by atoms with Gasteiger partial charge in [-0.2, -0.15) is 0 Å². The number of rotatable bonds is 9. The van der Waals surface area contributed by atoms with Crippen molar-refractivity contribution in [2.45, 2.75) is 46.5 Å². The minimum absolute atomic E-state index is 1.24. The Morgan fingerprint density at radius 3 is 1.50 bits per heavy atom. The van der Waals surface area contributed by atoms with Crippen LogP contribution < -0.4 is 10.4 Å². The van der Waals surface area contributed by atoms with Crippen molar-refractivity contribution in [1.82, 2.24) is 0 Å². The lowest BCUT2D eigenvalue weighted by molar-refractivity contribution is 1.32. The molecule has 0 nitrogen and oxygen atoms in total. The number of thioether (sulfide) groups is 2. The van der Waals surface area contributed by atoms with Gasteiger partial charge in [-0.1, -0.05) is 119 Å². The normalized spacial score (nSPS) is 12.0. The SMILES string of the molecule is CC=CSc1ccc(Sc2ccc(SC=Cc3ccc([Si](C)(C)c4ccc(C)cc4)cc3)cc2)cc1. The van der Waals surface area contributed by atoms with Gasteiger partial charge in [0.25, 0.3) is 0 Å². The third-order valence-electron chi connectivity index (χ3n) is 6.09. The van der Waals surface area contributed by atoms with Gasteiger partial charge < -0.3 is 0 Å². The van der Waals surface area contributed by atoms with E-state index in [1.54, 1.807) is 35.3 Å². The van der Waals surface area contributed by atoms with E-state index in [1.165, 1.54) is 41.1 Å². The van der Waals surface area contributed by atoms with E-state index >= 15 is 0 Å². The Kier molecular flexibility index (Phi) is 9.44. The van der Waals surface area contributed by atoms with Crippen LogP contribution in [0, 0.1) is 6.92 Å². The quantitative estimate of drug-likeness (QED) is 0.153. The van der Waals surface area contributed by atoms with E-state index in [9.17, 15) is 0 Å². The highest BCUT2D eigenvalue weighted by Crippen LogP contribution is 2.31. The fourth-order valence-electron chi connectivity index (χ4n) is 3.79. The first-order chi connectivity index (χ1) is 17.4. The van der Waals surface area contributed by atoms with Crippen molar-refractivity contribution >= 4 is 59.8 Å². The molecule has 0 aliphatic rings. The van der Waals surface area contributed by atoms with E-state index in [0.717, 1.165) is 0 Å². The van der Waals surface area contributed by atoms with Gasteiger partial charge >= 0.3 is 0 Å². The minimum Gasteiger partial charge on any atom is -0.0984 e. The molecular formula is C32H32S3Si. The van der Waals surface area contributed by atoms with Crippen LogP contribution in [0.15, 0.2) is 134 Å². The number of hydrogen-bond acceptors (Lipinski definition) is 3. The molecule has 4 aromatic carbocycles. The van der Waals surface area contributed by atoms with Crippen LogP contribution in [0.25, 0.3) is 6.08 Å². The molecule has 0 heterocycles. The Labute approximate surface area is 230 Å². The molecule has 4 heteroatoms. The summed E-state index contributed by atoms with van der Waals surface area (Å²) in [5.74, 6) is 0. The maximum absolute atomic E-state index is 2.43. The summed E-state index contributed by atoms with van der Waals surface area (Å²) in [5.41, 5.74) is 2.56. The molecule has 4 rings (SSSR count). The summed E-state index contributed by atoms with van der Waals surface area (Å²) in [6.07, 6.45) is 4.26. The molecule has 0 aliphatic heterocycles. The number of allylic oxidation sites excluding steroid dienone is 1. The lowest BCUT2D eigenvalue weighted by Gasteiger charge is -2.24. The van der Waals surface area contributed by atoms with Crippen molar-refractivity contribution in [3.63, 3.8) is 0 Å². The van der Waals surface area contributed by atoms with Crippen molar-refractivity contribution in [3.8, 4) is 0 Å². The van der Waals surface area contributed by atoms with Crippen LogP contribution in [0.2, 0.25) is 13.1 Å². The van der Waals surface area contributed by atoms with Crippen LogP contribution in [0.5, 0.6) is 0 Å². The Bertz CT molecular complexity index is 1300. The largest absolute Gasteiger partial charge is 0.112 e. The first kappa shape index (κ1) is 26.7. The van der Waals surface area contributed by atoms with Crippen LogP contribution in [0.3, 0.4) is 0 Å². The summed E-state index contributed by atoms with van der Waals surface area (Å²) in [6.45, 7) is 9.05. The molecule has 4 aromatic rings. The smallest absolute Gasteiger partial charge is 0.0984 e. The molecule has 0 unspecified atom stereocenters. The summed E-state index contributed by atoms with van der Waals surface area (Å²) in [6, 6.07) is 35.7. The number of benzene rings is 4. The zero-order valence-electron chi connectivity index (χ0n) is 21.3. The average molecular weight is 541 g/mol. The standard InChI is InChI=1S/C32H32S3Si/c1-5-23-33-27-10-14-29(15-11-27)35-30-16-12-28(13-17-30)34-24-22-26-8-20-32(21-9-26)36(3,4)31-18-6-25(2)7-19-31/h5-24H,1-4H3. The molecule has 0 aliphatic carbocycles. The third kappa shape index (κ3) is 7.33. The molecule has 0 atom stereocenters. The van der Waals surface area contributed by atoms with Gasteiger partial charge in [-0.15, -0.1) is 0 Å². The zero-order valence-corrected chi connectivity index (χ0v) is 24.7. The summed E-state index contributed by atoms with van der Waals surface area (Å²) in [4.78, 5) is 5.03. The van der Waals surface area contributed by atoms with E-state index in [0.29, 0.717) is 0 Å². The van der Waals surface area contributed by atoms with Crippen molar-refractivity contribution in [3.05, 3.63) is 125 Å². The van der Waals surface area contributed by atoms with Crippen molar-refractivity contribution in [1.29, 1.82) is 0 Å². The highest BCUT2D eigenvalue weighted by molar-refractivity contribution is 8.02. The molecule has 0 saturated heterocycles. The van der Waals surface area contributed by atoms with E-state index in [2.05, 4.69) is 140 Å². The van der Waals surface area contributed by atoms with Crippen LogP contribution >= 0.6 is 35.3 Å². The first-order valence-electron chi connectivity index (χ1n) is 12.1. The molecule has 0 N–H and O–H groups in total. The van der Waals surface area contributed by atoms with Crippen LogP contribution in [0.4, 0.5) is 0 Å². The van der Waals surface area contributed by atoms with Crippen molar-refractivity contribution in [2.24, 2.45) is 0 Å². The lowest BCUT2D eigenvalue weighted by Crippen LogP contribution is -2.52. The molecule has 0 saturated carbocycles. The maximum Gasteiger partial charge on any atom is 0.112 e. The molecule has 0 spiro atoms. The number of aryl methyl sites for hydroxylation is 1. The van der Waals surface area contributed by atoms with Gasteiger partial charge in [-0.25, -0.2) is 0 Å². The van der Waals surface area contributed by atoms with Crippen LogP contribution in [0.1, 0.15) is 18.1 Å². The van der Waals surface area contributed by atoms with E-state index in [1.807, 2.05) is 6.92 Å². The molecule has 36 heavy (non-hydrogen) atoms. The van der Waals surface area contributed by atoms with Gasteiger partial charge in [0.2, 0.25) is 0 Å². The van der Waals surface area contributed by atoms with E-state index < -0.39 is 8.07 Å². The molecule has 0 fully saturated rings. The molecule has 182 valence electrons. The Balaban J connectivity index is 1.32. The Morgan fingerprint density at radius 1 is 0.556 bits per heavy atom. The second-order valence-electron chi connectivity index (χ2n) is 9.17. The second-order valence-corrected chi connectivity index (χ2v) is 16.7. The molecule has 0 amide bonds. The zero-order chi connectivity index (χ0) is 25.4. The summed E-state index contributed by atoms with van der Waals surface area (Å²) in [7, 11) is -1.66. The van der Waals surface area contributed by atoms with Gasteiger partial charge in [0.1, 0.15) is 8.07 Å². The predicted octanol–water partition coefficient (Wildman–Crippen LogP) is 9.36. The molecule has 0 aromatic heterocycles. The molecular weight excluding hydrogens is 509 g/mol. The Morgan fingerprint density at radius 2 is 1.00 bits per heavy atom. The lowest BCUT2D eigenvalue weighted by atomic mass is 10.2. The third-order valence-corrected chi connectivity index (χ3v) is 12.4. The van der Waals surface area contributed by atoms with Gasteiger partial charge in [-0.05, 0) is 84.8 Å². The summed E-state index contributed by atoms with van der Waals surface area (Å²) in [5, 5.41) is 7.24. The van der Waals surface area contributed by atoms with Gasteiger partial charge in [-0.3, -0.25) is 0 Å². The second kappa shape index (κ2) is 12.7. The van der Waals surface area contributed by atoms with Gasteiger partial charge in [0.05, 0.1) is 0 Å². The minimum atomic E-state index is -1.66. The average Bonchev–Trinajstić information content (AvgIpc) is 2.90.